The Balaban J connectivity index is 1.63. The van der Waals surface area contributed by atoms with Gasteiger partial charge in [0.1, 0.15) is 4.60 Å². The largest absolute Gasteiger partial charge is 0.308 e. The van der Waals surface area contributed by atoms with Crippen molar-refractivity contribution in [3.05, 3.63) is 17.0 Å². The van der Waals surface area contributed by atoms with Crippen LogP contribution < -0.4 is 10.6 Å². The smallest absolute Gasteiger partial charge is 0.242 e. The van der Waals surface area contributed by atoms with Crippen LogP contribution in [-0.2, 0) is 4.79 Å². The van der Waals surface area contributed by atoms with Gasteiger partial charge in [-0.1, -0.05) is 0 Å². The van der Waals surface area contributed by atoms with Crippen LogP contribution in [0.25, 0.3) is 0 Å². The summed E-state index contributed by atoms with van der Waals surface area (Å²) in [4.78, 5) is 20.1. The van der Waals surface area contributed by atoms with Crippen LogP contribution in [0, 0.1) is 5.92 Å². The standard InChI is InChI=1S/C11H13BrN4O/c12-9-4-13-5-10(15-9)16-11(17)8-3-6-1-2-7(6)14-8/h4-8,14H,1-3H2,(H,15,16,17)/t6-,7-,8+/m1/s1. The van der Waals surface area contributed by atoms with Gasteiger partial charge in [0.25, 0.3) is 0 Å². The number of carbonyl (C=O) groups is 1. The fraction of sp³-hybridized carbons (Fsp3) is 0.545. The lowest BCUT2D eigenvalue weighted by atomic mass is 9.80. The number of carbonyl (C=O) groups excluding carboxylic acids is 1. The molecule has 1 aliphatic heterocycles. The molecule has 2 N–H and O–H groups in total. The number of hydrogen-bond acceptors (Lipinski definition) is 4. The number of nitrogens with one attached hydrogen (secondary N) is 2. The van der Waals surface area contributed by atoms with Gasteiger partial charge in [-0.05, 0) is 41.1 Å². The Hall–Kier alpha value is -1.01. The molecule has 2 aliphatic rings. The second-order valence-corrected chi connectivity index (χ2v) is 5.43. The maximum absolute atomic E-state index is 12.0. The van der Waals surface area contributed by atoms with E-state index in [1.165, 1.54) is 12.8 Å². The molecule has 0 unspecified atom stereocenters. The van der Waals surface area contributed by atoms with E-state index in [1.54, 1.807) is 12.4 Å². The molecule has 1 aromatic heterocycles. The number of fused-ring (bicyclic) bond motifs is 1. The van der Waals surface area contributed by atoms with E-state index < -0.39 is 0 Å². The fourth-order valence-corrected chi connectivity index (χ4v) is 2.81. The van der Waals surface area contributed by atoms with Crippen molar-refractivity contribution < 1.29 is 4.79 Å². The van der Waals surface area contributed by atoms with Gasteiger partial charge in [-0.2, -0.15) is 0 Å². The van der Waals surface area contributed by atoms with E-state index in [9.17, 15) is 4.79 Å². The first-order chi connectivity index (χ1) is 8.22. The van der Waals surface area contributed by atoms with Crippen molar-refractivity contribution in [2.45, 2.75) is 31.3 Å². The summed E-state index contributed by atoms with van der Waals surface area (Å²) in [6.45, 7) is 0. The average molecular weight is 297 g/mol. The second-order valence-electron chi connectivity index (χ2n) is 4.62. The zero-order valence-corrected chi connectivity index (χ0v) is 10.8. The van der Waals surface area contributed by atoms with Crippen molar-refractivity contribution >= 4 is 27.7 Å². The molecule has 0 radical (unpaired) electrons. The third-order valence-electron chi connectivity index (χ3n) is 3.54. The van der Waals surface area contributed by atoms with E-state index in [0.717, 1.165) is 6.42 Å². The van der Waals surface area contributed by atoms with Crippen molar-refractivity contribution in [1.82, 2.24) is 15.3 Å². The Labute approximate surface area is 108 Å². The predicted molar refractivity (Wildman–Crippen MR) is 66.4 cm³/mol. The van der Waals surface area contributed by atoms with E-state index >= 15 is 0 Å². The number of nitrogens with zero attached hydrogens (tertiary/aromatic N) is 2. The van der Waals surface area contributed by atoms with Crippen LogP contribution >= 0.6 is 15.9 Å². The highest BCUT2D eigenvalue weighted by Gasteiger charge is 2.42. The van der Waals surface area contributed by atoms with E-state index in [4.69, 9.17) is 0 Å². The van der Waals surface area contributed by atoms with Gasteiger partial charge in [0.05, 0.1) is 18.4 Å². The molecule has 2 fully saturated rings. The molecule has 2 heterocycles. The molecular weight excluding hydrogens is 284 g/mol. The van der Waals surface area contributed by atoms with E-state index in [1.807, 2.05) is 0 Å². The first-order valence-electron chi connectivity index (χ1n) is 5.77. The molecule has 1 saturated heterocycles. The van der Waals surface area contributed by atoms with Crippen molar-refractivity contribution in [2.24, 2.45) is 5.92 Å². The van der Waals surface area contributed by atoms with Crippen molar-refractivity contribution in [1.29, 1.82) is 0 Å². The Morgan fingerprint density at radius 2 is 2.35 bits per heavy atom. The maximum Gasteiger partial charge on any atom is 0.242 e. The highest BCUT2D eigenvalue weighted by Crippen LogP contribution is 2.37. The topological polar surface area (TPSA) is 66.9 Å². The van der Waals surface area contributed by atoms with Gasteiger partial charge in [0.2, 0.25) is 5.91 Å². The molecule has 6 heteroatoms. The SMILES string of the molecule is O=C(Nc1cncc(Br)n1)[C@@H]1C[C@H]2CC[C@H]2N1. The summed E-state index contributed by atoms with van der Waals surface area (Å²) in [6, 6.07) is 0.479. The number of aromatic nitrogens is 2. The Bertz CT molecular complexity index is 441. The summed E-state index contributed by atoms with van der Waals surface area (Å²) >= 11 is 3.22. The number of hydrogen-bond donors (Lipinski definition) is 2. The lowest BCUT2D eigenvalue weighted by Crippen LogP contribution is -2.41. The van der Waals surface area contributed by atoms with Gasteiger partial charge in [-0.3, -0.25) is 9.78 Å². The Morgan fingerprint density at radius 3 is 2.94 bits per heavy atom. The van der Waals surface area contributed by atoms with Crippen LogP contribution in [0.1, 0.15) is 19.3 Å². The van der Waals surface area contributed by atoms with E-state index in [0.29, 0.717) is 22.4 Å². The minimum absolute atomic E-state index is 0.00759. The minimum Gasteiger partial charge on any atom is -0.308 e. The monoisotopic (exact) mass is 296 g/mol. The van der Waals surface area contributed by atoms with Crippen LogP contribution in [0.3, 0.4) is 0 Å². The summed E-state index contributed by atoms with van der Waals surface area (Å²) in [5.41, 5.74) is 0. The van der Waals surface area contributed by atoms with Crippen LogP contribution in [0.4, 0.5) is 5.82 Å². The number of halogens is 1. The van der Waals surface area contributed by atoms with Crippen LogP contribution in [0.2, 0.25) is 0 Å². The van der Waals surface area contributed by atoms with Crippen LogP contribution in [-0.4, -0.2) is 28.0 Å². The van der Waals surface area contributed by atoms with Gasteiger partial charge >= 0.3 is 0 Å². The van der Waals surface area contributed by atoms with Gasteiger partial charge in [0.15, 0.2) is 5.82 Å². The van der Waals surface area contributed by atoms with Crippen molar-refractivity contribution in [3.63, 3.8) is 0 Å². The molecule has 17 heavy (non-hydrogen) atoms. The van der Waals surface area contributed by atoms with Crippen LogP contribution in [0.15, 0.2) is 17.0 Å². The highest BCUT2D eigenvalue weighted by molar-refractivity contribution is 9.10. The molecule has 0 bridgehead atoms. The third-order valence-corrected chi connectivity index (χ3v) is 3.93. The summed E-state index contributed by atoms with van der Waals surface area (Å²) in [7, 11) is 0. The lowest BCUT2D eigenvalue weighted by molar-refractivity contribution is -0.117. The minimum atomic E-state index is -0.0757. The quantitative estimate of drug-likeness (QED) is 0.864. The number of amides is 1. The number of anilines is 1. The molecule has 1 saturated carbocycles. The predicted octanol–water partition coefficient (Wildman–Crippen LogP) is 1.32. The molecule has 1 aromatic rings. The van der Waals surface area contributed by atoms with Gasteiger partial charge in [-0.15, -0.1) is 0 Å². The molecule has 3 rings (SSSR count). The summed E-state index contributed by atoms with van der Waals surface area (Å²) < 4.78 is 0.620. The summed E-state index contributed by atoms with van der Waals surface area (Å²) in [6.07, 6.45) is 6.52. The first-order valence-corrected chi connectivity index (χ1v) is 6.56. The second kappa shape index (κ2) is 4.34. The molecule has 5 nitrogen and oxygen atoms in total. The molecule has 0 spiro atoms. The van der Waals surface area contributed by atoms with Gasteiger partial charge in [-0.25, -0.2) is 4.98 Å². The first kappa shape index (κ1) is 11.1. The fourth-order valence-electron chi connectivity index (χ4n) is 2.50. The Morgan fingerprint density at radius 1 is 1.47 bits per heavy atom. The highest BCUT2D eigenvalue weighted by atomic mass is 79.9. The molecule has 90 valence electrons. The number of rotatable bonds is 2. The zero-order chi connectivity index (χ0) is 11.8. The molecule has 3 atom stereocenters. The van der Waals surface area contributed by atoms with Gasteiger partial charge in [0, 0.05) is 6.04 Å². The summed E-state index contributed by atoms with van der Waals surface area (Å²) in [5.74, 6) is 1.18. The lowest BCUT2D eigenvalue weighted by Gasteiger charge is -2.29. The normalized spacial score (nSPS) is 30.5. The average Bonchev–Trinajstić information content (AvgIpc) is 2.55. The molecular formula is C11H13BrN4O. The molecule has 0 aromatic carbocycles. The van der Waals surface area contributed by atoms with Gasteiger partial charge < -0.3 is 10.6 Å². The summed E-state index contributed by atoms with van der Waals surface area (Å²) in [5, 5.41) is 6.14. The zero-order valence-electron chi connectivity index (χ0n) is 9.19. The van der Waals surface area contributed by atoms with E-state index in [2.05, 4.69) is 36.5 Å². The van der Waals surface area contributed by atoms with Crippen molar-refractivity contribution in [3.8, 4) is 0 Å². The van der Waals surface area contributed by atoms with Crippen LogP contribution in [0.5, 0.6) is 0 Å². The third kappa shape index (κ3) is 2.19. The maximum atomic E-state index is 12.0. The van der Waals surface area contributed by atoms with E-state index in [-0.39, 0.29) is 11.9 Å². The Kier molecular flexibility index (Phi) is 2.84. The molecule has 1 amide bonds. The molecule has 1 aliphatic carbocycles. The van der Waals surface area contributed by atoms with Crippen molar-refractivity contribution in [2.75, 3.05) is 5.32 Å².